The molecule has 7 nitrogen and oxygen atoms in total. The Balaban J connectivity index is 1.93. The highest BCUT2D eigenvalue weighted by molar-refractivity contribution is 6.06. The maximum absolute atomic E-state index is 12.7. The predicted molar refractivity (Wildman–Crippen MR) is 125 cm³/mol. The molecule has 1 aromatic heterocycles. The number of esters is 2. The van der Waals surface area contributed by atoms with E-state index in [-0.39, 0.29) is 11.3 Å². The zero-order valence-electron chi connectivity index (χ0n) is 19.4. The van der Waals surface area contributed by atoms with Crippen molar-refractivity contribution in [2.45, 2.75) is 39.2 Å². The molecule has 0 aliphatic rings. The van der Waals surface area contributed by atoms with Crippen LogP contribution in [0.15, 0.2) is 54.6 Å². The van der Waals surface area contributed by atoms with Gasteiger partial charge < -0.3 is 14.2 Å². The second-order valence-corrected chi connectivity index (χ2v) is 7.61. The van der Waals surface area contributed by atoms with Gasteiger partial charge in [-0.15, -0.1) is 0 Å². The summed E-state index contributed by atoms with van der Waals surface area (Å²) in [6.07, 6.45) is 4.66. The number of para-hydroxylation sites is 1. The van der Waals surface area contributed by atoms with E-state index in [1.165, 1.54) is 38.2 Å². The van der Waals surface area contributed by atoms with Crippen molar-refractivity contribution < 1.29 is 23.8 Å². The third-order valence-electron chi connectivity index (χ3n) is 5.29. The van der Waals surface area contributed by atoms with E-state index in [9.17, 15) is 9.59 Å². The quantitative estimate of drug-likeness (QED) is 0.295. The van der Waals surface area contributed by atoms with Gasteiger partial charge in [-0.05, 0) is 24.1 Å². The smallest absolute Gasteiger partial charge is 0.357 e. The Hall–Kier alpha value is -3.45. The van der Waals surface area contributed by atoms with Gasteiger partial charge in [0.25, 0.3) is 0 Å². The monoisotopic (exact) mass is 450 g/mol. The number of carbonyl (C=O) groups is 2. The first kappa shape index (κ1) is 24.2. The molecule has 0 amide bonds. The van der Waals surface area contributed by atoms with Crippen LogP contribution in [0, 0.1) is 0 Å². The molecular weight excluding hydrogens is 420 g/mol. The molecule has 0 N–H and O–H groups in total. The number of rotatable bonds is 11. The minimum atomic E-state index is -0.675. The number of nitrogens with zero attached hydrogens (tertiary/aromatic N) is 2. The van der Waals surface area contributed by atoms with Crippen molar-refractivity contribution in [1.29, 1.82) is 0 Å². The third kappa shape index (κ3) is 5.87. The largest absolute Gasteiger partial charge is 0.465 e. The Kier molecular flexibility index (Phi) is 8.78. The highest BCUT2D eigenvalue weighted by Gasteiger charge is 2.31. The normalized spacial score (nSPS) is 10.8. The van der Waals surface area contributed by atoms with Crippen molar-refractivity contribution in [3.05, 3.63) is 71.4 Å². The van der Waals surface area contributed by atoms with Gasteiger partial charge in [0.2, 0.25) is 0 Å². The minimum absolute atomic E-state index is 0.0186. The molecule has 7 heteroatoms. The second-order valence-electron chi connectivity index (χ2n) is 7.61. The molecule has 33 heavy (non-hydrogen) atoms. The summed E-state index contributed by atoms with van der Waals surface area (Å²) in [7, 11) is 2.54. The molecule has 0 saturated heterocycles. The van der Waals surface area contributed by atoms with E-state index >= 15 is 0 Å². The molecule has 0 saturated carbocycles. The van der Waals surface area contributed by atoms with Crippen molar-refractivity contribution in [3.63, 3.8) is 0 Å². The molecule has 174 valence electrons. The first-order chi connectivity index (χ1) is 16.1. The SMILES string of the molecule is CCCCCCOCc1ccc(-c2nn(-c3ccccc3)c(C(=O)OC)c2C(=O)OC)cc1. The maximum atomic E-state index is 12.7. The molecule has 0 unspecified atom stereocenters. The van der Waals surface area contributed by atoms with Crippen molar-refractivity contribution >= 4 is 11.9 Å². The number of hydrogen-bond acceptors (Lipinski definition) is 6. The van der Waals surface area contributed by atoms with Crippen LogP contribution in [0.5, 0.6) is 0 Å². The molecule has 0 fully saturated rings. The van der Waals surface area contributed by atoms with Crippen molar-refractivity contribution in [2.75, 3.05) is 20.8 Å². The number of carbonyl (C=O) groups excluding carboxylic acids is 2. The van der Waals surface area contributed by atoms with Crippen LogP contribution < -0.4 is 0 Å². The zero-order valence-corrected chi connectivity index (χ0v) is 19.4. The highest BCUT2D eigenvalue weighted by Crippen LogP contribution is 2.29. The van der Waals surface area contributed by atoms with Gasteiger partial charge in [0.05, 0.1) is 26.5 Å². The number of aromatic nitrogens is 2. The van der Waals surface area contributed by atoms with E-state index in [1.54, 1.807) is 12.1 Å². The lowest BCUT2D eigenvalue weighted by Crippen LogP contribution is -2.15. The second kappa shape index (κ2) is 12.0. The lowest BCUT2D eigenvalue weighted by atomic mass is 10.0. The molecule has 0 spiro atoms. The van der Waals surface area contributed by atoms with Crippen molar-refractivity contribution in [3.8, 4) is 16.9 Å². The predicted octanol–water partition coefficient (Wildman–Crippen LogP) is 5.21. The van der Waals surface area contributed by atoms with E-state index in [1.807, 2.05) is 42.5 Å². The van der Waals surface area contributed by atoms with Gasteiger partial charge in [0.1, 0.15) is 11.3 Å². The molecule has 0 aliphatic carbocycles. The van der Waals surface area contributed by atoms with Gasteiger partial charge in [-0.3, -0.25) is 0 Å². The number of hydrogen-bond donors (Lipinski definition) is 0. The van der Waals surface area contributed by atoms with E-state index in [0.717, 1.165) is 18.6 Å². The van der Waals surface area contributed by atoms with E-state index < -0.39 is 11.9 Å². The topological polar surface area (TPSA) is 79.7 Å². The molecule has 0 atom stereocenters. The molecule has 2 aromatic carbocycles. The number of methoxy groups -OCH3 is 2. The minimum Gasteiger partial charge on any atom is -0.465 e. The fourth-order valence-corrected chi connectivity index (χ4v) is 3.54. The highest BCUT2D eigenvalue weighted by atomic mass is 16.5. The Morgan fingerprint density at radius 2 is 1.58 bits per heavy atom. The maximum Gasteiger partial charge on any atom is 0.357 e. The Labute approximate surface area is 194 Å². The summed E-state index contributed by atoms with van der Waals surface area (Å²) in [4.78, 5) is 25.4. The number of ether oxygens (including phenoxy) is 3. The van der Waals surface area contributed by atoms with E-state index in [4.69, 9.17) is 14.2 Å². The molecule has 0 aliphatic heterocycles. The first-order valence-corrected chi connectivity index (χ1v) is 11.1. The summed E-state index contributed by atoms with van der Waals surface area (Å²) < 4.78 is 17.1. The van der Waals surface area contributed by atoms with Crippen molar-refractivity contribution in [1.82, 2.24) is 9.78 Å². The van der Waals surface area contributed by atoms with Crippen molar-refractivity contribution in [2.24, 2.45) is 0 Å². The standard InChI is InChI=1S/C26H30N2O5/c1-4-5-6-10-17-33-18-19-13-15-20(16-14-19)23-22(25(29)31-2)24(26(30)32-3)28(27-23)21-11-8-7-9-12-21/h7-9,11-16H,4-6,10,17-18H2,1-3H3. The fourth-order valence-electron chi connectivity index (χ4n) is 3.54. The van der Waals surface area contributed by atoms with E-state index in [2.05, 4.69) is 12.0 Å². The summed E-state index contributed by atoms with van der Waals surface area (Å²) in [6, 6.07) is 16.7. The molecule has 1 heterocycles. The Morgan fingerprint density at radius 1 is 0.879 bits per heavy atom. The van der Waals surface area contributed by atoms with Crippen LogP contribution in [0.3, 0.4) is 0 Å². The van der Waals surface area contributed by atoms with Crippen LogP contribution in [-0.4, -0.2) is 42.5 Å². The molecule has 3 aromatic rings. The summed E-state index contributed by atoms with van der Waals surface area (Å²) >= 11 is 0. The number of unbranched alkanes of at least 4 members (excludes halogenated alkanes) is 3. The average Bonchev–Trinajstić information content (AvgIpc) is 3.27. The Bertz CT molecular complexity index is 1060. The van der Waals surface area contributed by atoms with Crippen LogP contribution in [-0.2, 0) is 20.8 Å². The Morgan fingerprint density at radius 3 is 2.21 bits per heavy atom. The fraction of sp³-hybridized carbons (Fsp3) is 0.346. The van der Waals surface area contributed by atoms with Crippen LogP contribution in [0.1, 0.15) is 59.0 Å². The summed E-state index contributed by atoms with van der Waals surface area (Å²) in [5, 5.41) is 4.61. The zero-order chi connectivity index (χ0) is 23.6. The average molecular weight is 451 g/mol. The summed E-state index contributed by atoms with van der Waals surface area (Å²) in [5.74, 6) is -1.34. The summed E-state index contributed by atoms with van der Waals surface area (Å²) in [6.45, 7) is 3.44. The van der Waals surface area contributed by atoms with Gasteiger partial charge in [-0.25, -0.2) is 14.3 Å². The van der Waals surface area contributed by atoms with Gasteiger partial charge in [-0.2, -0.15) is 5.10 Å². The van der Waals surface area contributed by atoms with E-state index in [0.29, 0.717) is 23.6 Å². The van der Waals surface area contributed by atoms with Crippen LogP contribution in [0.25, 0.3) is 16.9 Å². The summed E-state index contributed by atoms with van der Waals surface area (Å²) in [5.41, 5.74) is 2.75. The number of benzene rings is 2. The van der Waals surface area contributed by atoms with Crippen LogP contribution >= 0.6 is 0 Å². The van der Waals surface area contributed by atoms with Crippen LogP contribution in [0.4, 0.5) is 0 Å². The van der Waals surface area contributed by atoms with Gasteiger partial charge >= 0.3 is 11.9 Å². The van der Waals surface area contributed by atoms with Gasteiger partial charge in [-0.1, -0.05) is 68.7 Å². The van der Waals surface area contributed by atoms with Gasteiger partial charge in [0, 0.05) is 12.2 Å². The lowest BCUT2D eigenvalue weighted by molar-refractivity contribution is 0.0549. The molecular formula is C26H30N2O5. The molecule has 3 rings (SSSR count). The molecule has 0 radical (unpaired) electrons. The van der Waals surface area contributed by atoms with Gasteiger partial charge in [0.15, 0.2) is 5.69 Å². The first-order valence-electron chi connectivity index (χ1n) is 11.1. The molecule has 0 bridgehead atoms. The third-order valence-corrected chi connectivity index (χ3v) is 5.29. The lowest BCUT2D eigenvalue weighted by Gasteiger charge is -2.07. The van der Waals surface area contributed by atoms with Crippen LogP contribution in [0.2, 0.25) is 0 Å².